The second kappa shape index (κ2) is 9.02. The second-order valence-electron chi connectivity index (χ2n) is 6.41. The molecule has 27 heavy (non-hydrogen) atoms. The third-order valence-electron chi connectivity index (χ3n) is 3.88. The van der Waals surface area contributed by atoms with Crippen molar-refractivity contribution in [3.8, 4) is 5.75 Å². The van der Waals surface area contributed by atoms with Crippen LogP contribution in [0.3, 0.4) is 0 Å². The average molecular weight is 401 g/mol. The molecule has 0 fully saturated rings. The van der Waals surface area contributed by atoms with Crippen LogP contribution in [0.1, 0.15) is 28.0 Å². The molecule has 1 heterocycles. The van der Waals surface area contributed by atoms with Crippen molar-refractivity contribution >= 4 is 34.0 Å². The molecule has 0 radical (unpaired) electrons. The van der Waals surface area contributed by atoms with Gasteiger partial charge in [0.15, 0.2) is 5.13 Å². The molecular weight excluding hydrogens is 380 g/mol. The van der Waals surface area contributed by atoms with E-state index in [1.165, 1.54) is 11.3 Å². The fourth-order valence-corrected chi connectivity index (χ4v) is 3.70. The third-order valence-corrected chi connectivity index (χ3v) is 5.05. The van der Waals surface area contributed by atoms with Gasteiger partial charge in [-0.1, -0.05) is 29.8 Å². The Hall–Kier alpha value is -2.37. The smallest absolute Gasteiger partial charge is 0.229 e. The van der Waals surface area contributed by atoms with E-state index in [2.05, 4.69) is 16.4 Å². The summed E-state index contributed by atoms with van der Waals surface area (Å²) in [7, 11) is 0. The van der Waals surface area contributed by atoms with Crippen molar-refractivity contribution in [3.05, 3.63) is 75.3 Å². The summed E-state index contributed by atoms with van der Waals surface area (Å²) in [6, 6.07) is 13.7. The predicted octanol–water partition coefficient (Wildman–Crippen LogP) is 5.41. The van der Waals surface area contributed by atoms with Crippen LogP contribution in [0.15, 0.2) is 48.7 Å². The number of carbonyl (C=O) groups excluding carboxylic acids is 1. The Morgan fingerprint density at radius 3 is 2.56 bits per heavy atom. The number of nitrogens with zero attached hydrogens (tertiary/aromatic N) is 1. The maximum atomic E-state index is 12.1. The van der Waals surface area contributed by atoms with Crippen LogP contribution in [0, 0.1) is 13.8 Å². The van der Waals surface area contributed by atoms with E-state index < -0.39 is 0 Å². The normalized spacial score (nSPS) is 10.6. The van der Waals surface area contributed by atoms with Gasteiger partial charge in [0, 0.05) is 22.5 Å². The van der Waals surface area contributed by atoms with Gasteiger partial charge in [-0.2, -0.15) is 0 Å². The van der Waals surface area contributed by atoms with E-state index in [1.54, 1.807) is 6.20 Å². The lowest BCUT2D eigenvalue weighted by Gasteiger charge is -2.08. The Morgan fingerprint density at radius 2 is 1.85 bits per heavy atom. The van der Waals surface area contributed by atoms with E-state index in [1.807, 2.05) is 50.2 Å². The largest absolute Gasteiger partial charge is 0.493 e. The fourth-order valence-electron chi connectivity index (χ4n) is 2.71. The Kier molecular flexibility index (Phi) is 6.48. The Labute approximate surface area is 168 Å². The molecule has 0 aliphatic heterocycles. The van der Waals surface area contributed by atoms with E-state index in [-0.39, 0.29) is 12.3 Å². The quantitative estimate of drug-likeness (QED) is 0.576. The molecule has 3 rings (SSSR count). The number of ether oxygens (including phenoxy) is 1. The van der Waals surface area contributed by atoms with Crippen molar-refractivity contribution in [2.45, 2.75) is 26.7 Å². The van der Waals surface area contributed by atoms with Crippen molar-refractivity contribution in [1.82, 2.24) is 4.98 Å². The van der Waals surface area contributed by atoms with Crippen LogP contribution < -0.4 is 10.1 Å². The van der Waals surface area contributed by atoms with Crippen LogP contribution in [0.4, 0.5) is 5.13 Å². The fraction of sp³-hybridized carbons (Fsp3) is 0.238. The molecule has 0 bridgehead atoms. The first-order chi connectivity index (χ1) is 13.0. The minimum atomic E-state index is -0.105. The number of carbonyl (C=O) groups is 1. The molecule has 0 unspecified atom stereocenters. The van der Waals surface area contributed by atoms with Gasteiger partial charge in [-0.25, -0.2) is 4.98 Å². The number of amides is 1. The summed E-state index contributed by atoms with van der Waals surface area (Å²) in [5.74, 6) is 0.687. The van der Waals surface area contributed by atoms with Crippen molar-refractivity contribution in [3.63, 3.8) is 0 Å². The van der Waals surface area contributed by atoms with Gasteiger partial charge in [0.05, 0.1) is 13.0 Å². The summed E-state index contributed by atoms with van der Waals surface area (Å²) in [5.41, 5.74) is 3.44. The molecule has 1 N–H and O–H groups in total. The molecule has 6 heteroatoms. The van der Waals surface area contributed by atoms with Gasteiger partial charge in [-0.3, -0.25) is 4.79 Å². The van der Waals surface area contributed by atoms with E-state index in [4.69, 9.17) is 16.3 Å². The molecule has 2 aromatic carbocycles. The molecule has 0 saturated carbocycles. The van der Waals surface area contributed by atoms with Gasteiger partial charge in [0.25, 0.3) is 0 Å². The summed E-state index contributed by atoms with van der Waals surface area (Å²) < 4.78 is 5.68. The number of benzene rings is 2. The molecule has 0 aliphatic rings. The van der Waals surface area contributed by atoms with Gasteiger partial charge >= 0.3 is 0 Å². The number of rotatable bonds is 7. The van der Waals surface area contributed by atoms with Gasteiger partial charge in [-0.15, -0.1) is 11.3 Å². The summed E-state index contributed by atoms with van der Waals surface area (Å²) in [4.78, 5) is 17.5. The first-order valence-corrected chi connectivity index (χ1v) is 9.87. The highest BCUT2D eigenvalue weighted by Gasteiger charge is 2.08. The molecule has 1 amide bonds. The van der Waals surface area contributed by atoms with Crippen LogP contribution in [0.25, 0.3) is 0 Å². The van der Waals surface area contributed by atoms with Crippen LogP contribution in [-0.2, 0) is 11.2 Å². The Bertz CT molecular complexity index is 902. The first-order valence-electron chi connectivity index (χ1n) is 8.68. The minimum Gasteiger partial charge on any atom is -0.493 e. The first kappa shape index (κ1) is 19.4. The standard InChI is InChI=1S/C21H21ClN2O2S/c1-14-9-15(2)11-18(10-14)26-8-7-20(25)24-21-23-13-19(27-21)12-16-3-5-17(22)6-4-16/h3-6,9-11,13H,7-8,12H2,1-2H3,(H,23,24,25). The lowest BCUT2D eigenvalue weighted by atomic mass is 10.1. The Morgan fingerprint density at radius 1 is 1.15 bits per heavy atom. The molecular formula is C21H21ClN2O2S. The van der Waals surface area contributed by atoms with Crippen LogP contribution in [0.5, 0.6) is 5.75 Å². The third kappa shape index (κ3) is 6.08. The summed E-state index contributed by atoms with van der Waals surface area (Å²) in [6.07, 6.45) is 2.83. The molecule has 3 aromatic rings. The number of anilines is 1. The lowest BCUT2D eigenvalue weighted by molar-refractivity contribution is -0.116. The number of hydrogen-bond acceptors (Lipinski definition) is 4. The van der Waals surface area contributed by atoms with Crippen molar-refractivity contribution in [1.29, 1.82) is 0 Å². The molecule has 1 aromatic heterocycles. The van der Waals surface area contributed by atoms with Gasteiger partial charge < -0.3 is 10.1 Å². The number of aromatic nitrogens is 1. The van der Waals surface area contributed by atoms with E-state index in [0.717, 1.165) is 38.8 Å². The van der Waals surface area contributed by atoms with Gasteiger partial charge in [-0.05, 0) is 54.8 Å². The number of halogens is 1. The zero-order valence-electron chi connectivity index (χ0n) is 15.3. The number of nitrogens with one attached hydrogen (secondary N) is 1. The van der Waals surface area contributed by atoms with E-state index in [9.17, 15) is 4.79 Å². The average Bonchev–Trinajstić information content (AvgIpc) is 3.03. The van der Waals surface area contributed by atoms with E-state index >= 15 is 0 Å². The highest BCUT2D eigenvalue weighted by Crippen LogP contribution is 2.22. The van der Waals surface area contributed by atoms with Crippen LogP contribution in [-0.4, -0.2) is 17.5 Å². The maximum absolute atomic E-state index is 12.1. The molecule has 0 spiro atoms. The zero-order valence-corrected chi connectivity index (χ0v) is 16.9. The number of aryl methyl sites for hydroxylation is 2. The van der Waals surface area contributed by atoms with E-state index in [0.29, 0.717) is 11.7 Å². The highest BCUT2D eigenvalue weighted by atomic mass is 35.5. The van der Waals surface area contributed by atoms with Crippen LogP contribution in [0.2, 0.25) is 5.02 Å². The monoisotopic (exact) mass is 400 g/mol. The van der Waals surface area contributed by atoms with Gasteiger partial charge in [0.1, 0.15) is 5.75 Å². The minimum absolute atomic E-state index is 0.105. The topological polar surface area (TPSA) is 51.2 Å². The Balaban J connectivity index is 1.46. The molecule has 0 saturated heterocycles. The van der Waals surface area contributed by atoms with Gasteiger partial charge in [0.2, 0.25) is 5.91 Å². The van der Waals surface area contributed by atoms with Crippen molar-refractivity contribution in [2.75, 3.05) is 11.9 Å². The molecule has 0 atom stereocenters. The SMILES string of the molecule is Cc1cc(C)cc(OCCC(=O)Nc2ncc(Cc3ccc(Cl)cc3)s2)c1. The summed E-state index contributed by atoms with van der Waals surface area (Å²) in [6.45, 7) is 4.38. The van der Waals surface area contributed by atoms with Crippen LogP contribution >= 0.6 is 22.9 Å². The molecule has 4 nitrogen and oxygen atoms in total. The second-order valence-corrected chi connectivity index (χ2v) is 7.96. The van der Waals surface area contributed by atoms with Crippen molar-refractivity contribution < 1.29 is 9.53 Å². The number of hydrogen-bond donors (Lipinski definition) is 1. The zero-order chi connectivity index (χ0) is 19.2. The summed E-state index contributed by atoms with van der Waals surface area (Å²) in [5, 5.41) is 4.16. The van der Waals surface area contributed by atoms with Crippen molar-refractivity contribution in [2.24, 2.45) is 0 Å². The maximum Gasteiger partial charge on any atom is 0.229 e. The predicted molar refractivity (Wildman–Crippen MR) is 111 cm³/mol. The molecule has 140 valence electrons. The molecule has 0 aliphatic carbocycles. The summed E-state index contributed by atoms with van der Waals surface area (Å²) >= 11 is 7.38. The highest BCUT2D eigenvalue weighted by molar-refractivity contribution is 7.15. The lowest BCUT2D eigenvalue weighted by Crippen LogP contribution is -2.15. The number of thiazole rings is 1.